The third-order valence-electron chi connectivity index (χ3n) is 6.50. The molecular weight excluding hydrogens is 457 g/mol. The van der Waals surface area contributed by atoms with E-state index in [2.05, 4.69) is 37.4 Å². The Balaban J connectivity index is 1.20. The van der Waals surface area contributed by atoms with Gasteiger partial charge in [-0.05, 0) is 54.1 Å². The van der Waals surface area contributed by atoms with Gasteiger partial charge in [-0.2, -0.15) is 0 Å². The standard InChI is InChI=1S/C28H30FN5O2/c1-35-25-13-11-24(12-14-25)34-19-17-33(18-20-34)16-15-30-26(21-7-9-23(29)10-8-21)28-32-31-27(36-28)22-5-3-2-4-6-22/h2-14,26,30H,15-20H2,1H3/t26-/m1/s1. The third kappa shape index (κ3) is 5.72. The molecule has 8 heteroatoms. The molecule has 0 amide bonds. The van der Waals surface area contributed by atoms with Gasteiger partial charge in [-0.1, -0.05) is 30.3 Å². The van der Waals surface area contributed by atoms with Crippen molar-refractivity contribution in [1.29, 1.82) is 0 Å². The van der Waals surface area contributed by atoms with Crippen molar-refractivity contribution < 1.29 is 13.5 Å². The summed E-state index contributed by atoms with van der Waals surface area (Å²) in [5.74, 6) is 1.53. The van der Waals surface area contributed by atoms with E-state index in [4.69, 9.17) is 9.15 Å². The van der Waals surface area contributed by atoms with Crippen LogP contribution in [0.3, 0.4) is 0 Å². The quantitative estimate of drug-likeness (QED) is 0.376. The summed E-state index contributed by atoms with van der Waals surface area (Å²) in [4.78, 5) is 4.84. The minimum absolute atomic E-state index is 0.275. The highest BCUT2D eigenvalue weighted by Crippen LogP contribution is 2.25. The number of piperazine rings is 1. The van der Waals surface area contributed by atoms with Crippen molar-refractivity contribution >= 4 is 5.69 Å². The van der Waals surface area contributed by atoms with Crippen LogP contribution in [0.5, 0.6) is 5.75 Å². The van der Waals surface area contributed by atoms with Gasteiger partial charge in [0.15, 0.2) is 0 Å². The topological polar surface area (TPSA) is 66.7 Å². The Morgan fingerprint density at radius 1 is 0.917 bits per heavy atom. The molecule has 4 aromatic rings. The predicted octanol–water partition coefficient (Wildman–Crippen LogP) is 4.39. The number of rotatable bonds is 9. The molecule has 0 saturated carbocycles. The lowest BCUT2D eigenvalue weighted by Crippen LogP contribution is -2.48. The molecule has 1 aliphatic heterocycles. The maximum Gasteiger partial charge on any atom is 0.247 e. The van der Waals surface area contributed by atoms with E-state index in [1.54, 1.807) is 19.2 Å². The van der Waals surface area contributed by atoms with Gasteiger partial charge < -0.3 is 19.4 Å². The van der Waals surface area contributed by atoms with Gasteiger partial charge in [0.05, 0.1) is 7.11 Å². The molecule has 1 N–H and O–H groups in total. The van der Waals surface area contributed by atoms with Gasteiger partial charge in [0.2, 0.25) is 11.8 Å². The van der Waals surface area contributed by atoms with Gasteiger partial charge in [0.1, 0.15) is 17.6 Å². The first-order chi connectivity index (χ1) is 17.7. The van der Waals surface area contributed by atoms with Crippen LogP contribution in [-0.2, 0) is 0 Å². The number of anilines is 1. The smallest absolute Gasteiger partial charge is 0.247 e. The van der Waals surface area contributed by atoms with Crippen LogP contribution in [0, 0.1) is 5.82 Å². The highest BCUT2D eigenvalue weighted by Gasteiger charge is 2.22. The SMILES string of the molecule is COc1ccc(N2CCN(CCN[C@H](c3ccc(F)cc3)c3nnc(-c4ccccc4)o3)CC2)cc1. The molecule has 186 valence electrons. The van der Waals surface area contributed by atoms with E-state index >= 15 is 0 Å². The van der Waals surface area contributed by atoms with Gasteiger partial charge in [0.25, 0.3) is 0 Å². The fraction of sp³-hybridized carbons (Fsp3) is 0.286. The summed E-state index contributed by atoms with van der Waals surface area (Å²) in [5.41, 5.74) is 2.96. The van der Waals surface area contributed by atoms with Crippen molar-refractivity contribution in [2.45, 2.75) is 6.04 Å². The van der Waals surface area contributed by atoms with Gasteiger partial charge in [-0.3, -0.25) is 4.90 Å². The molecule has 1 saturated heterocycles. The number of methoxy groups -OCH3 is 1. The van der Waals surface area contributed by atoms with E-state index in [-0.39, 0.29) is 11.9 Å². The molecule has 5 rings (SSSR count). The maximum atomic E-state index is 13.6. The van der Waals surface area contributed by atoms with Crippen molar-refractivity contribution in [2.75, 3.05) is 51.3 Å². The third-order valence-corrected chi connectivity index (χ3v) is 6.50. The lowest BCUT2D eigenvalue weighted by atomic mass is 10.1. The van der Waals surface area contributed by atoms with Crippen LogP contribution in [0.25, 0.3) is 11.5 Å². The van der Waals surface area contributed by atoms with Crippen molar-refractivity contribution in [1.82, 2.24) is 20.4 Å². The average Bonchev–Trinajstić information content (AvgIpc) is 3.43. The first-order valence-corrected chi connectivity index (χ1v) is 12.2. The average molecular weight is 488 g/mol. The summed E-state index contributed by atoms with van der Waals surface area (Å²) in [7, 11) is 1.68. The van der Waals surface area contributed by atoms with Crippen molar-refractivity contribution in [3.05, 3.63) is 96.1 Å². The second-order valence-corrected chi connectivity index (χ2v) is 8.78. The summed E-state index contributed by atoms with van der Waals surface area (Å²) in [5, 5.41) is 12.1. The Hall–Kier alpha value is -3.75. The van der Waals surface area contributed by atoms with Gasteiger partial charge >= 0.3 is 0 Å². The van der Waals surface area contributed by atoms with Crippen LogP contribution in [0.2, 0.25) is 0 Å². The van der Waals surface area contributed by atoms with Crippen molar-refractivity contribution in [3.8, 4) is 17.2 Å². The molecule has 0 spiro atoms. The number of halogens is 1. The zero-order chi connectivity index (χ0) is 24.7. The van der Waals surface area contributed by atoms with Crippen LogP contribution < -0.4 is 15.0 Å². The second kappa shape index (κ2) is 11.3. The van der Waals surface area contributed by atoms with Crippen LogP contribution in [0.1, 0.15) is 17.5 Å². The molecule has 1 fully saturated rings. The molecule has 0 unspecified atom stereocenters. The maximum absolute atomic E-state index is 13.6. The normalized spacial score (nSPS) is 15.1. The van der Waals surface area contributed by atoms with Crippen LogP contribution in [0.15, 0.2) is 83.3 Å². The number of hydrogen-bond acceptors (Lipinski definition) is 7. The minimum Gasteiger partial charge on any atom is -0.497 e. The minimum atomic E-state index is -0.323. The van der Waals surface area contributed by atoms with Crippen molar-refractivity contribution in [2.24, 2.45) is 0 Å². The number of nitrogens with one attached hydrogen (secondary N) is 1. The van der Waals surface area contributed by atoms with Crippen molar-refractivity contribution in [3.63, 3.8) is 0 Å². The molecule has 0 bridgehead atoms. The Morgan fingerprint density at radius 2 is 1.64 bits per heavy atom. The predicted molar refractivity (Wildman–Crippen MR) is 138 cm³/mol. The molecule has 0 aliphatic carbocycles. The fourth-order valence-electron chi connectivity index (χ4n) is 4.44. The molecule has 1 aromatic heterocycles. The number of ether oxygens (including phenoxy) is 1. The first kappa shape index (κ1) is 24.0. The van der Waals surface area contributed by atoms with Gasteiger partial charge in [0, 0.05) is 50.5 Å². The van der Waals surface area contributed by atoms with E-state index in [0.717, 1.165) is 56.1 Å². The van der Waals surface area contributed by atoms with Gasteiger partial charge in [-0.15, -0.1) is 10.2 Å². The van der Waals surface area contributed by atoms with Gasteiger partial charge in [-0.25, -0.2) is 4.39 Å². The molecule has 0 radical (unpaired) electrons. The largest absolute Gasteiger partial charge is 0.497 e. The van der Waals surface area contributed by atoms with E-state index in [0.29, 0.717) is 11.8 Å². The fourth-order valence-corrected chi connectivity index (χ4v) is 4.44. The number of hydrogen-bond donors (Lipinski definition) is 1. The molecule has 36 heavy (non-hydrogen) atoms. The highest BCUT2D eigenvalue weighted by atomic mass is 19.1. The number of benzene rings is 3. The second-order valence-electron chi connectivity index (χ2n) is 8.78. The summed E-state index contributed by atoms with van der Waals surface area (Å²) < 4.78 is 24.9. The zero-order valence-electron chi connectivity index (χ0n) is 20.3. The highest BCUT2D eigenvalue weighted by molar-refractivity contribution is 5.52. The lowest BCUT2D eigenvalue weighted by Gasteiger charge is -2.36. The zero-order valence-corrected chi connectivity index (χ0v) is 20.3. The molecule has 2 heterocycles. The molecule has 1 atom stereocenters. The molecule has 3 aromatic carbocycles. The monoisotopic (exact) mass is 487 g/mol. The Bertz CT molecular complexity index is 1220. The molecular formula is C28H30FN5O2. The van der Waals surface area contributed by atoms with E-state index in [1.807, 2.05) is 42.5 Å². The van der Waals surface area contributed by atoms with Crippen LogP contribution >= 0.6 is 0 Å². The van der Waals surface area contributed by atoms with Crippen LogP contribution in [0.4, 0.5) is 10.1 Å². The number of aromatic nitrogens is 2. The number of nitrogens with zero attached hydrogens (tertiary/aromatic N) is 4. The summed E-state index contributed by atoms with van der Waals surface area (Å²) in [6, 6.07) is 24.0. The van der Waals surface area contributed by atoms with E-state index in [9.17, 15) is 4.39 Å². The Kier molecular flexibility index (Phi) is 7.54. The Morgan fingerprint density at radius 3 is 2.33 bits per heavy atom. The molecule has 1 aliphatic rings. The van der Waals surface area contributed by atoms with Crippen LogP contribution in [-0.4, -0.2) is 61.5 Å². The van der Waals surface area contributed by atoms with E-state index in [1.165, 1.54) is 17.8 Å². The van der Waals surface area contributed by atoms with E-state index < -0.39 is 0 Å². The molecule has 7 nitrogen and oxygen atoms in total. The lowest BCUT2D eigenvalue weighted by molar-refractivity contribution is 0.253. The first-order valence-electron chi connectivity index (χ1n) is 12.2. The summed E-state index contributed by atoms with van der Waals surface area (Å²) in [6.45, 7) is 5.51. The Labute approximate surface area is 210 Å². The summed E-state index contributed by atoms with van der Waals surface area (Å²) in [6.07, 6.45) is 0. The summed E-state index contributed by atoms with van der Waals surface area (Å²) >= 11 is 0.